The highest BCUT2D eigenvalue weighted by Gasteiger charge is 2.06. The number of hydrazine groups is 1. The number of carboxylic acids is 1. The van der Waals surface area contributed by atoms with Gasteiger partial charge in [-0.15, -0.1) is 11.8 Å². The number of carbonyl (C=O) groups is 2. The summed E-state index contributed by atoms with van der Waals surface area (Å²) in [4.78, 5) is 25.4. The van der Waals surface area contributed by atoms with Gasteiger partial charge < -0.3 is 5.11 Å². The maximum absolute atomic E-state index is 11.3. The number of carbonyl (C=O) groups excluding carboxylic acids is 1. The molecule has 1 heterocycles. The number of nitrogens with zero attached hydrogens (tertiary/aromatic N) is 2. The summed E-state index contributed by atoms with van der Waals surface area (Å²) in [7, 11) is 0. The summed E-state index contributed by atoms with van der Waals surface area (Å²) >= 11 is 0.978. The van der Waals surface area contributed by atoms with Crippen LogP contribution >= 0.6 is 11.8 Å². The Morgan fingerprint density at radius 2 is 2.28 bits per heavy atom. The minimum absolute atomic E-state index is 0.00796. The van der Waals surface area contributed by atoms with Crippen LogP contribution in [0.2, 0.25) is 0 Å². The minimum atomic E-state index is -0.975. The maximum Gasteiger partial charge on any atom is 0.313 e. The highest BCUT2D eigenvalue weighted by molar-refractivity contribution is 8.00. The average molecular weight is 266 g/mol. The highest BCUT2D eigenvalue weighted by atomic mass is 32.2. The molecule has 0 radical (unpaired) electrons. The molecular formula is C10H10N4O3S. The quantitative estimate of drug-likeness (QED) is 0.630. The van der Waals surface area contributed by atoms with Crippen LogP contribution in [0.4, 0.5) is 5.82 Å². The fraction of sp³-hybridized carbons (Fsp3) is 0.200. The van der Waals surface area contributed by atoms with E-state index in [4.69, 9.17) is 10.4 Å². The lowest BCUT2D eigenvalue weighted by atomic mass is 10.3. The Labute approximate surface area is 107 Å². The Morgan fingerprint density at radius 1 is 1.50 bits per heavy atom. The molecule has 1 amide bonds. The molecule has 0 aromatic carbocycles. The van der Waals surface area contributed by atoms with E-state index in [-0.39, 0.29) is 17.3 Å². The molecule has 0 unspecified atom stereocenters. The number of hydrogen-bond acceptors (Lipinski definition) is 6. The second kappa shape index (κ2) is 7.13. The number of thioether (sulfide) groups is 1. The molecule has 0 saturated heterocycles. The zero-order chi connectivity index (χ0) is 13.4. The highest BCUT2D eigenvalue weighted by Crippen LogP contribution is 2.07. The smallest absolute Gasteiger partial charge is 0.313 e. The van der Waals surface area contributed by atoms with Gasteiger partial charge in [0.15, 0.2) is 5.82 Å². The van der Waals surface area contributed by atoms with Crippen molar-refractivity contribution in [2.24, 2.45) is 0 Å². The van der Waals surface area contributed by atoms with Gasteiger partial charge in [-0.3, -0.25) is 20.4 Å². The molecule has 0 aliphatic carbocycles. The molecule has 0 atom stereocenters. The van der Waals surface area contributed by atoms with E-state index < -0.39 is 11.9 Å². The van der Waals surface area contributed by atoms with E-state index in [2.05, 4.69) is 15.8 Å². The van der Waals surface area contributed by atoms with Gasteiger partial charge in [0, 0.05) is 6.20 Å². The number of aliphatic carboxylic acids is 1. The number of nitrogens with one attached hydrogen (secondary N) is 2. The lowest BCUT2D eigenvalue weighted by molar-refractivity contribution is -0.133. The predicted molar refractivity (Wildman–Crippen MR) is 65.7 cm³/mol. The lowest BCUT2D eigenvalue weighted by Crippen LogP contribution is -2.31. The second-order valence-corrected chi connectivity index (χ2v) is 4.06. The largest absolute Gasteiger partial charge is 0.481 e. The van der Waals surface area contributed by atoms with Gasteiger partial charge in [-0.1, -0.05) is 0 Å². The summed E-state index contributed by atoms with van der Waals surface area (Å²) in [6.07, 6.45) is 1.48. The first-order valence-electron chi connectivity index (χ1n) is 4.83. The van der Waals surface area contributed by atoms with Crippen LogP contribution in [-0.2, 0) is 9.59 Å². The van der Waals surface area contributed by atoms with Gasteiger partial charge in [0.25, 0.3) is 0 Å². The molecule has 0 aliphatic heterocycles. The van der Waals surface area contributed by atoms with Crippen molar-refractivity contribution in [3.05, 3.63) is 23.9 Å². The zero-order valence-corrected chi connectivity index (χ0v) is 10.0. The van der Waals surface area contributed by atoms with Crippen LogP contribution in [0.1, 0.15) is 5.56 Å². The molecule has 8 heteroatoms. The molecule has 1 rings (SSSR count). The first-order chi connectivity index (χ1) is 8.63. The van der Waals surface area contributed by atoms with Crippen LogP contribution in [-0.4, -0.2) is 33.5 Å². The van der Waals surface area contributed by atoms with Crippen molar-refractivity contribution in [3.8, 4) is 6.07 Å². The summed E-state index contributed by atoms with van der Waals surface area (Å²) in [5.41, 5.74) is 5.14. The third kappa shape index (κ3) is 4.71. The summed E-state index contributed by atoms with van der Waals surface area (Å²) in [6.45, 7) is 0. The molecule has 18 heavy (non-hydrogen) atoms. The summed E-state index contributed by atoms with van der Waals surface area (Å²) < 4.78 is 0. The van der Waals surface area contributed by atoms with Crippen LogP contribution in [0.15, 0.2) is 18.3 Å². The Morgan fingerprint density at radius 3 is 2.94 bits per heavy atom. The third-order valence-corrected chi connectivity index (χ3v) is 2.62. The minimum Gasteiger partial charge on any atom is -0.481 e. The Kier molecular flexibility index (Phi) is 5.47. The number of carboxylic acid groups (broad SMARTS) is 1. The van der Waals surface area contributed by atoms with Crippen molar-refractivity contribution in [2.45, 2.75) is 0 Å². The van der Waals surface area contributed by atoms with Crippen molar-refractivity contribution in [2.75, 3.05) is 16.9 Å². The average Bonchev–Trinajstić information content (AvgIpc) is 2.36. The molecule has 1 aromatic rings. The zero-order valence-electron chi connectivity index (χ0n) is 9.21. The SMILES string of the molecule is N#Cc1cccnc1NNC(=O)CSCC(=O)O. The van der Waals surface area contributed by atoms with Crippen LogP contribution in [0.25, 0.3) is 0 Å². The molecule has 1 aromatic heterocycles. The number of aromatic nitrogens is 1. The van der Waals surface area contributed by atoms with E-state index in [1.807, 2.05) is 6.07 Å². The lowest BCUT2D eigenvalue weighted by Gasteiger charge is -2.07. The molecule has 0 bridgehead atoms. The van der Waals surface area contributed by atoms with Crippen molar-refractivity contribution in [1.29, 1.82) is 5.26 Å². The summed E-state index contributed by atoms with van der Waals surface area (Å²) in [5, 5.41) is 17.2. The van der Waals surface area contributed by atoms with Crippen LogP contribution in [0.3, 0.4) is 0 Å². The van der Waals surface area contributed by atoms with E-state index in [0.717, 1.165) is 11.8 Å². The van der Waals surface area contributed by atoms with E-state index in [9.17, 15) is 9.59 Å². The number of anilines is 1. The fourth-order valence-corrected chi connectivity index (χ4v) is 1.53. The van der Waals surface area contributed by atoms with Gasteiger partial charge in [0.1, 0.15) is 6.07 Å². The van der Waals surface area contributed by atoms with Crippen molar-refractivity contribution in [1.82, 2.24) is 10.4 Å². The molecule has 0 spiro atoms. The van der Waals surface area contributed by atoms with Crippen LogP contribution < -0.4 is 10.9 Å². The Bertz CT molecular complexity index is 486. The van der Waals surface area contributed by atoms with Crippen molar-refractivity contribution < 1.29 is 14.7 Å². The molecule has 0 saturated carbocycles. The summed E-state index contributed by atoms with van der Waals surface area (Å²) in [5.74, 6) is -1.25. The Balaban J connectivity index is 2.38. The predicted octanol–water partition coefficient (Wildman–Crippen LogP) is 0.214. The second-order valence-electron chi connectivity index (χ2n) is 3.07. The number of hydrogen-bond donors (Lipinski definition) is 3. The maximum atomic E-state index is 11.3. The van der Waals surface area contributed by atoms with Gasteiger partial charge in [-0.2, -0.15) is 5.26 Å². The number of nitriles is 1. The first kappa shape index (κ1) is 13.8. The molecule has 0 aliphatic rings. The molecule has 94 valence electrons. The monoisotopic (exact) mass is 266 g/mol. The fourth-order valence-electron chi connectivity index (χ4n) is 0.991. The third-order valence-electron chi connectivity index (χ3n) is 1.71. The van der Waals surface area contributed by atoms with Gasteiger partial charge in [-0.25, -0.2) is 4.98 Å². The van der Waals surface area contributed by atoms with E-state index >= 15 is 0 Å². The molecular weight excluding hydrogens is 256 g/mol. The van der Waals surface area contributed by atoms with E-state index in [1.54, 1.807) is 12.1 Å². The topological polar surface area (TPSA) is 115 Å². The van der Waals surface area contributed by atoms with Gasteiger partial charge in [-0.05, 0) is 12.1 Å². The molecule has 3 N–H and O–H groups in total. The standard InChI is InChI=1S/C10H10N4O3S/c11-4-7-2-1-3-12-10(7)14-13-8(15)5-18-6-9(16)17/h1-3H,5-6H2,(H,12,14)(H,13,15)(H,16,17). The van der Waals surface area contributed by atoms with Gasteiger partial charge in [0.05, 0.1) is 17.1 Å². The van der Waals surface area contributed by atoms with E-state index in [1.165, 1.54) is 6.20 Å². The van der Waals surface area contributed by atoms with E-state index in [0.29, 0.717) is 5.56 Å². The van der Waals surface area contributed by atoms with Crippen LogP contribution in [0, 0.1) is 11.3 Å². The molecule has 7 nitrogen and oxygen atoms in total. The number of amides is 1. The normalized spacial score (nSPS) is 9.28. The summed E-state index contributed by atoms with van der Waals surface area (Å²) in [6, 6.07) is 5.08. The molecule has 0 fully saturated rings. The van der Waals surface area contributed by atoms with Gasteiger partial charge in [0.2, 0.25) is 5.91 Å². The van der Waals surface area contributed by atoms with Gasteiger partial charge >= 0.3 is 5.97 Å². The first-order valence-corrected chi connectivity index (χ1v) is 5.98. The van der Waals surface area contributed by atoms with Crippen LogP contribution in [0.5, 0.6) is 0 Å². The number of rotatable bonds is 6. The van der Waals surface area contributed by atoms with Crippen molar-refractivity contribution >= 4 is 29.5 Å². The van der Waals surface area contributed by atoms with Crippen molar-refractivity contribution in [3.63, 3.8) is 0 Å². The Hall–Kier alpha value is -2.27. The number of pyridine rings is 1.